The van der Waals surface area contributed by atoms with Crippen LogP contribution in [0.4, 0.5) is 15.8 Å². The monoisotopic (exact) mass is 224 g/mol. The number of nitrogens with one attached hydrogen (secondary N) is 1. The first-order valence-electron chi connectivity index (χ1n) is 4.84. The fourth-order valence-corrected chi connectivity index (χ4v) is 1.72. The Kier molecular flexibility index (Phi) is 2.55. The van der Waals surface area contributed by atoms with Gasteiger partial charge in [-0.1, -0.05) is 0 Å². The van der Waals surface area contributed by atoms with Crippen LogP contribution in [0.5, 0.6) is 0 Å². The molecule has 2 rings (SSSR count). The summed E-state index contributed by atoms with van der Waals surface area (Å²) in [5, 5.41) is 13.1. The molecule has 0 aromatic heterocycles. The van der Waals surface area contributed by atoms with E-state index in [4.69, 9.17) is 0 Å². The highest BCUT2D eigenvalue weighted by Gasteiger charge is 2.21. The van der Waals surface area contributed by atoms with E-state index in [0.29, 0.717) is 30.5 Å². The summed E-state index contributed by atoms with van der Waals surface area (Å²) in [6.45, 7) is 0. The lowest BCUT2D eigenvalue weighted by Crippen LogP contribution is -2.09. The van der Waals surface area contributed by atoms with E-state index in [1.165, 1.54) is 0 Å². The Morgan fingerprint density at radius 2 is 2.12 bits per heavy atom. The maximum atomic E-state index is 13.3. The number of amides is 1. The van der Waals surface area contributed by atoms with Gasteiger partial charge >= 0.3 is 5.69 Å². The largest absolute Gasteiger partial charge is 0.326 e. The maximum absolute atomic E-state index is 13.3. The topological polar surface area (TPSA) is 72.2 Å². The Morgan fingerprint density at radius 3 is 2.81 bits per heavy atom. The highest BCUT2D eigenvalue weighted by molar-refractivity contribution is 5.92. The summed E-state index contributed by atoms with van der Waals surface area (Å²) in [5.41, 5.74) is 0.338. The average molecular weight is 224 g/mol. The van der Waals surface area contributed by atoms with E-state index >= 15 is 0 Å². The molecule has 0 spiro atoms. The molecule has 1 aromatic carbocycles. The Morgan fingerprint density at radius 1 is 1.38 bits per heavy atom. The normalized spacial score (nSPS) is 14.9. The van der Waals surface area contributed by atoms with Crippen molar-refractivity contribution in [2.75, 3.05) is 5.32 Å². The number of benzene rings is 1. The molecule has 0 radical (unpaired) electrons. The average Bonchev–Trinajstić information content (AvgIpc) is 2.37. The molecule has 1 aliphatic heterocycles. The summed E-state index contributed by atoms with van der Waals surface area (Å²) in [6.07, 6.45) is 1.52. The summed E-state index contributed by atoms with van der Waals surface area (Å²) in [7, 11) is 0. The van der Waals surface area contributed by atoms with E-state index in [9.17, 15) is 19.3 Å². The van der Waals surface area contributed by atoms with Crippen molar-refractivity contribution in [3.63, 3.8) is 0 Å². The van der Waals surface area contributed by atoms with Gasteiger partial charge in [0.2, 0.25) is 11.7 Å². The number of hydrogen-bond acceptors (Lipinski definition) is 3. The molecule has 1 N–H and O–H groups in total. The molecule has 0 aliphatic carbocycles. The number of nitro benzene ring substituents is 1. The predicted octanol–water partition coefficient (Wildman–Crippen LogP) is 2.01. The van der Waals surface area contributed by atoms with Gasteiger partial charge < -0.3 is 5.32 Å². The van der Waals surface area contributed by atoms with Gasteiger partial charge in [-0.3, -0.25) is 14.9 Å². The van der Waals surface area contributed by atoms with Gasteiger partial charge in [0.1, 0.15) is 0 Å². The van der Waals surface area contributed by atoms with Crippen LogP contribution < -0.4 is 5.32 Å². The first kappa shape index (κ1) is 10.5. The lowest BCUT2D eigenvalue weighted by molar-refractivity contribution is -0.387. The molecule has 1 aliphatic rings. The zero-order valence-electron chi connectivity index (χ0n) is 8.33. The van der Waals surface area contributed by atoms with Crippen LogP contribution in [0.3, 0.4) is 0 Å². The van der Waals surface area contributed by atoms with Gasteiger partial charge in [0.05, 0.1) is 10.6 Å². The molecular weight excluding hydrogens is 215 g/mol. The van der Waals surface area contributed by atoms with Crippen molar-refractivity contribution in [3.05, 3.63) is 33.6 Å². The molecule has 0 saturated heterocycles. The van der Waals surface area contributed by atoms with Crippen LogP contribution >= 0.6 is 0 Å². The molecule has 1 aromatic rings. The summed E-state index contributed by atoms with van der Waals surface area (Å²) >= 11 is 0. The molecule has 0 saturated carbocycles. The Bertz CT molecular complexity index is 473. The van der Waals surface area contributed by atoms with E-state index in [-0.39, 0.29) is 5.91 Å². The lowest BCUT2D eigenvalue weighted by atomic mass is 10.1. The molecule has 1 heterocycles. The highest BCUT2D eigenvalue weighted by Crippen LogP contribution is 2.29. The van der Waals surface area contributed by atoms with Crippen molar-refractivity contribution >= 4 is 17.3 Å². The second kappa shape index (κ2) is 3.88. The standard InChI is InChI=1S/C10H9FN2O3/c11-7-4-6-2-1-3-10(14)12-8(6)5-9(7)13(15)16/h4-5H,1-3H2,(H,12,14). The summed E-state index contributed by atoms with van der Waals surface area (Å²) in [5.74, 6) is -1.06. The lowest BCUT2D eigenvalue weighted by Gasteiger charge is -2.06. The second-order valence-electron chi connectivity index (χ2n) is 3.62. The van der Waals surface area contributed by atoms with Crippen molar-refractivity contribution in [3.8, 4) is 0 Å². The van der Waals surface area contributed by atoms with Crippen molar-refractivity contribution in [2.24, 2.45) is 0 Å². The number of nitrogens with zero attached hydrogens (tertiary/aromatic N) is 1. The van der Waals surface area contributed by atoms with Gasteiger partial charge in [0.15, 0.2) is 0 Å². The molecule has 0 unspecified atom stereocenters. The van der Waals surface area contributed by atoms with Crippen LogP contribution in [0.15, 0.2) is 12.1 Å². The summed E-state index contributed by atoms with van der Waals surface area (Å²) < 4.78 is 13.3. The van der Waals surface area contributed by atoms with Crippen molar-refractivity contribution in [2.45, 2.75) is 19.3 Å². The Labute approximate surface area is 90.4 Å². The third-order valence-corrected chi connectivity index (χ3v) is 2.49. The first-order chi connectivity index (χ1) is 7.58. The van der Waals surface area contributed by atoms with E-state index in [2.05, 4.69) is 5.32 Å². The molecule has 84 valence electrons. The van der Waals surface area contributed by atoms with Crippen LogP contribution in [0, 0.1) is 15.9 Å². The Hall–Kier alpha value is -1.98. The third-order valence-electron chi connectivity index (χ3n) is 2.49. The number of anilines is 1. The van der Waals surface area contributed by atoms with Gasteiger partial charge in [-0.15, -0.1) is 0 Å². The number of carbonyl (C=O) groups excluding carboxylic acids is 1. The van der Waals surface area contributed by atoms with Crippen molar-refractivity contribution in [1.82, 2.24) is 0 Å². The number of halogens is 1. The predicted molar refractivity (Wildman–Crippen MR) is 54.6 cm³/mol. The van der Waals surface area contributed by atoms with Gasteiger partial charge in [0.25, 0.3) is 0 Å². The zero-order chi connectivity index (χ0) is 11.7. The van der Waals surface area contributed by atoms with Crippen LogP contribution in [0.2, 0.25) is 0 Å². The zero-order valence-corrected chi connectivity index (χ0v) is 8.33. The van der Waals surface area contributed by atoms with E-state index < -0.39 is 16.4 Å². The minimum Gasteiger partial charge on any atom is -0.326 e. The molecule has 1 amide bonds. The number of rotatable bonds is 1. The highest BCUT2D eigenvalue weighted by atomic mass is 19.1. The van der Waals surface area contributed by atoms with Gasteiger partial charge in [-0.25, -0.2) is 0 Å². The minimum absolute atomic E-state index is 0.195. The fraction of sp³-hybridized carbons (Fsp3) is 0.300. The molecule has 5 nitrogen and oxygen atoms in total. The first-order valence-corrected chi connectivity index (χ1v) is 4.84. The quantitative estimate of drug-likeness (QED) is 0.585. The van der Waals surface area contributed by atoms with Crippen LogP contribution in [-0.2, 0) is 11.2 Å². The molecule has 0 fully saturated rings. The number of aryl methyl sites for hydroxylation is 1. The molecule has 0 bridgehead atoms. The van der Waals surface area contributed by atoms with Crippen molar-refractivity contribution < 1.29 is 14.1 Å². The van der Waals surface area contributed by atoms with Crippen LogP contribution in [-0.4, -0.2) is 10.8 Å². The van der Waals surface area contributed by atoms with Crippen LogP contribution in [0.25, 0.3) is 0 Å². The smallest absolute Gasteiger partial charge is 0.306 e. The van der Waals surface area contributed by atoms with E-state index in [1.807, 2.05) is 0 Å². The van der Waals surface area contributed by atoms with Crippen molar-refractivity contribution in [1.29, 1.82) is 0 Å². The minimum atomic E-state index is -0.861. The van der Waals surface area contributed by atoms with Gasteiger partial charge in [0, 0.05) is 12.5 Å². The molecule has 6 heteroatoms. The molecule has 16 heavy (non-hydrogen) atoms. The molecule has 0 atom stereocenters. The number of carbonyl (C=O) groups is 1. The second-order valence-corrected chi connectivity index (χ2v) is 3.62. The molecular formula is C10H9FN2O3. The van der Waals surface area contributed by atoms with E-state index in [0.717, 1.165) is 12.1 Å². The SMILES string of the molecule is O=C1CCCc2cc(F)c([N+](=O)[O-])cc2N1. The van der Waals surface area contributed by atoms with E-state index in [1.54, 1.807) is 0 Å². The van der Waals surface area contributed by atoms with Gasteiger partial charge in [-0.05, 0) is 24.5 Å². The third kappa shape index (κ3) is 1.86. The van der Waals surface area contributed by atoms with Gasteiger partial charge in [-0.2, -0.15) is 4.39 Å². The number of fused-ring (bicyclic) bond motifs is 1. The summed E-state index contributed by atoms with van der Waals surface area (Å²) in [6, 6.07) is 2.20. The Balaban J connectivity index is 2.50. The summed E-state index contributed by atoms with van der Waals surface area (Å²) in [4.78, 5) is 21.0. The maximum Gasteiger partial charge on any atom is 0.306 e. The van der Waals surface area contributed by atoms with Crippen LogP contribution in [0.1, 0.15) is 18.4 Å². The number of nitro groups is 1. The fourth-order valence-electron chi connectivity index (χ4n) is 1.72. The number of hydrogen-bond donors (Lipinski definition) is 1.